The lowest BCUT2D eigenvalue weighted by Gasteiger charge is -2.16. The third-order valence-electron chi connectivity index (χ3n) is 1.67. The van der Waals surface area contributed by atoms with Gasteiger partial charge in [0.25, 0.3) is 0 Å². The molecule has 0 atom stereocenters. The molecule has 4 heteroatoms. The minimum absolute atomic E-state index is 0.193. The van der Waals surface area contributed by atoms with Crippen molar-refractivity contribution < 1.29 is 14.6 Å². The summed E-state index contributed by atoms with van der Waals surface area (Å²) in [5.41, 5.74) is 0. The van der Waals surface area contributed by atoms with Crippen LogP contribution in [0.5, 0.6) is 0 Å². The number of hydrogen-bond donors (Lipinski definition) is 1. The maximum atomic E-state index is 10.0. The summed E-state index contributed by atoms with van der Waals surface area (Å²) >= 11 is 0. The summed E-state index contributed by atoms with van der Waals surface area (Å²) in [5, 5.41) is 8.25. The first-order valence-corrected chi connectivity index (χ1v) is 4.22. The molecule has 0 fully saturated rings. The lowest BCUT2D eigenvalue weighted by atomic mass is 10.5. The first-order chi connectivity index (χ1) is 5.70. The monoisotopic (exact) mass is 175 g/mol. The smallest absolute Gasteiger partial charge is 0.329 e. The molecule has 0 bridgehead atoms. The van der Waals surface area contributed by atoms with Gasteiger partial charge in [-0.1, -0.05) is 13.8 Å². The Labute approximate surface area is 73.1 Å². The Hall–Kier alpha value is -0.610. The molecule has 0 unspecified atom stereocenters. The molecule has 0 aliphatic rings. The minimum Gasteiger partial charge on any atom is -0.480 e. The van der Waals surface area contributed by atoms with Crippen LogP contribution in [0.2, 0.25) is 0 Å². The van der Waals surface area contributed by atoms with Crippen LogP contribution in [0.4, 0.5) is 0 Å². The molecule has 0 rings (SSSR count). The number of carboxylic acids is 1. The van der Waals surface area contributed by atoms with Crippen LogP contribution in [0, 0.1) is 0 Å². The lowest BCUT2D eigenvalue weighted by molar-refractivity contribution is -0.142. The maximum absolute atomic E-state index is 10.0. The molecular formula is C8H17NO3. The number of carbonyl (C=O) groups is 1. The van der Waals surface area contributed by atoms with Crippen molar-refractivity contribution in [2.24, 2.45) is 0 Å². The standard InChI is InChI=1S/C8H17NO3/c1-3-9(4-2)5-6-12-7-8(10)11/h3-7H2,1-2H3,(H,10,11). The van der Waals surface area contributed by atoms with E-state index in [2.05, 4.69) is 18.7 Å². The second-order valence-electron chi connectivity index (χ2n) is 2.47. The van der Waals surface area contributed by atoms with E-state index in [0.717, 1.165) is 19.6 Å². The van der Waals surface area contributed by atoms with Crippen molar-refractivity contribution in [1.82, 2.24) is 4.90 Å². The van der Waals surface area contributed by atoms with E-state index < -0.39 is 5.97 Å². The summed E-state index contributed by atoms with van der Waals surface area (Å²) in [6.07, 6.45) is 0. The number of hydrogen-bond acceptors (Lipinski definition) is 3. The summed E-state index contributed by atoms with van der Waals surface area (Å²) in [4.78, 5) is 12.2. The summed E-state index contributed by atoms with van der Waals surface area (Å²) in [6, 6.07) is 0. The number of rotatable bonds is 7. The van der Waals surface area contributed by atoms with Gasteiger partial charge in [-0.25, -0.2) is 4.79 Å². The van der Waals surface area contributed by atoms with Crippen LogP contribution in [-0.4, -0.2) is 48.8 Å². The highest BCUT2D eigenvalue weighted by Gasteiger charge is 1.99. The van der Waals surface area contributed by atoms with Crippen molar-refractivity contribution in [2.45, 2.75) is 13.8 Å². The Balaban J connectivity index is 3.23. The highest BCUT2D eigenvalue weighted by Crippen LogP contribution is 1.86. The van der Waals surface area contributed by atoms with Crippen LogP contribution in [-0.2, 0) is 9.53 Å². The van der Waals surface area contributed by atoms with Gasteiger partial charge in [0.2, 0.25) is 0 Å². The fraction of sp³-hybridized carbons (Fsp3) is 0.875. The van der Waals surface area contributed by atoms with Gasteiger partial charge in [0, 0.05) is 6.54 Å². The Kier molecular flexibility index (Phi) is 6.70. The van der Waals surface area contributed by atoms with Crippen LogP contribution in [0.3, 0.4) is 0 Å². The normalized spacial score (nSPS) is 10.6. The zero-order valence-electron chi connectivity index (χ0n) is 7.75. The molecule has 0 aromatic rings. The molecule has 0 aromatic heterocycles. The molecule has 0 aliphatic carbocycles. The van der Waals surface area contributed by atoms with Gasteiger partial charge in [-0.3, -0.25) is 0 Å². The van der Waals surface area contributed by atoms with E-state index >= 15 is 0 Å². The predicted molar refractivity (Wildman–Crippen MR) is 46.2 cm³/mol. The van der Waals surface area contributed by atoms with Crippen LogP contribution in [0.1, 0.15) is 13.8 Å². The number of carboxylic acid groups (broad SMARTS) is 1. The van der Waals surface area contributed by atoms with Crippen molar-refractivity contribution in [1.29, 1.82) is 0 Å². The van der Waals surface area contributed by atoms with E-state index in [4.69, 9.17) is 9.84 Å². The second kappa shape index (κ2) is 7.06. The van der Waals surface area contributed by atoms with Gasteiger partial charge in [0.15, 0.2) is 0 Å². The van der Waals surface area contributed by atoms with Gasteiger partial charge >= 0.3 is 5.97 Å². The average Bonchev–Trinajstić information content (AvgIpc) is 2.04. The molecule has 0 radical (unpaired) electrons. The Morgan fingerprint density at radius 1 is 1.42 bits per heavy atom. The van der Waals surface area contributed by atoms with E-state index in [1.165, 1.54) is 0 Å². The van der Waals surface area contributed by atoms with Gasteiger partial charge in [-0.05, 0) is 13.1 Å². The van der Waals surface area contributed by atoms with Gasteiger partial charge in [0.1, 0.15) is 6.61 Å². The number of aliphatic carboxylic acids is 1. The fourth-order valence-corrected chi connectivity index (χ4v) is 0.893. The summed E-state index contributed by atoms with van der Waals surface area (Å²) in [7, 11) is 0. The van der Waals surface area contributed by atoms with Gasteiger partial charge in [-0.2, -0.15) is 0 Å². The Bertz CT molecular complexity index is 123. The molecular weight excluding hydrogens is 158 g/mol. The zero-order chi connectivity index (χ0) is 9.40. The third kappa shape index (κ3) is 6.12. The van der Waals surface area contributed by atoms with Gasteiger partial charge in [0.05, 0.1) is 6.61 Å². The molecule has 0 amide bonds. The largest absolute Gasteiger partial charge is 0.480 e. The van der Waals surface area contributed by atoms with E-state index in [9.17, 15) is 4.79 Å². The predicted octanol–water partition coefficient (Wildman–Crippen LogP) is 0.429. The fourth-order valence-electron chi connectivity index (χ4n) is 0.893. The Morgan fingerprint density at radius 2 is 2.00 bits per heavy atom. The first kappa shape index (κ1) is 11.4. The average molecular weight is 175 g/mol. The maximum Gasteiger partial charge on any atom is 0.329 e. The Morgan fingerprint density at radius 3 is 2.42 bits per heavy atom. The first-order valence-electron chi connectivity index (χ1n) is 4.22. The SMILES string of the molecule is CCN(CC)CCOCC(=O)O. The summed E-state index contributed by atoms with van der Waals surface area (Å²) in [5.74, 6) is -0.908. The van der Waals surface area contributed by atoms with Crippen molar-refractivity contribution in [3.05, 3.63) is 0 Å². The molecule has 0 aromatic carbocycles. The molecule has 0 saturated heterocycles. The van der Waals surface area contributed by atoms with Crippen LogP contribution < -0.4 is 0 Å². The van der Waals surface area contributed by atoms with Crippen LogP contribution in [0.25, 0.3) is 0 Å². The van der Waals surface area contributed by atoms with Crippen molar-refractivity contribution in [3.8, 4) is 0 Å². The van der Waals surface area contributed by atoms with E-state index in [1.54, 1.807) is 0 Å². The van der Waals surface area contributed by atoms with E-state index in [1.807, 2.05) is 0 Å². The van der Waals surface area contributed by atoms with Crippen LogP contribution >= 0.6 is 0 Å². The van der Waals surface area contributed by atoms with E-state index in [0.29, 0.717) is 6.61 Å². The lowest BCUT2D eigenvalue weighted by Crippen LogP contribution is -2.27. The minimum atomic E-state index is -0.908. The molecule has 0 heterocycles. The molecule has 0 spiro atoms. The zero-order valence-corrected chi connectivity index (χ0v) is 7.75. The highest BCUT2D eigenvalue weighted by molar-refractivity contribution is 5.67. The van der Waals surface area contributed by atoms with Gasteiger partial charge < -0.3 is 14.7 Å². The molecule has 1 N–H and O–H groups in total. The molecule has 12 heavy (non-hydrogen) atoms. The van der Waals surface area contributed by atoms with E-state index in [-0.39, 0.29) is 6.61 Å². The van der Waals surface area contributed by atoms with Crippen LogP contribution in [0.15, 0.2) is 0 Å². The van der Waals surface area contributed by atoms with Gasteiger partial charge in [-0.15, -0.1) is 0 Å². The number of ether oxygens (including phenoxy) is 1. The quantitative estimate of drug-likeness (QED) is 0.570. The molecule has 0 saturated carbocycles. The van der Waals surface area contributed by atoms with Crippen molar-refractivity contribution in [2.75, 3.05) is 32.8 Å². The van der Waals surface area contributed by atoms with Crippen molar-refractivity contribution in [3.63, 3.8) is 0 Å². The number of likely N-dealkylation sites (N-methyl/N-ethyl adjacent to an activating group) is 1. The second-order valence-corrected chi connectivity index (χ2v) is 2.47. The highest BCUT2D eigenvalue weighted by atomic mass is 16.5. The molecule has 4 nitrogen and oxygen atoms in total. The summed E-state index contributed by atoms with van der Waals surface area (Å²) < 4.78 is 4.89. The third-order valence-corrected chi connectivity index (χ3v) is 1.67. The molecule has 72 valence electrons. The molecule has 0 aliphatic heterocycles. The van der Waals surface area contributed by atoms with Crippen molar-refractivity contribution >= 4 is 5.97 Å². The summed E-state index contributed by atoms with van der Waals surface area (Å²) in [6.45, 7) is 7.21. The number of nitrogens with zero attached hydrogens (tertiary/aromatic N) is 1. The topological polar surface area (TPSA) is 49.8 Å².